The normalized spacial score (nSPS) is 18.0. The van der Waals surface area contributed by atoms with Crippen LogP contribution in [0.25, 0.3) is 0 Å². The maximum atomic E-state index is 12.2. The van der Waals surface area contributed by atoms with E-state index >= 15 is 0 Å². The zero-order chi connectivity index (χ0) is 13.7. The maximum Gasteiger partial charge on any atom is 0.251 e. The molecule has 1 aliphatic carbocycles. The molecule has 0 aliphatic heterocycles. The van der Waals surface area contributed by atoms with Crippen LogP contribution in [0.15, 0.2) is 24.3 Å². The van der Waals surface area contributed by atoms with E-state index in [0.29, 0.717) is 17.4 Å². The molecule has 0 spiro atoms. The number of nitrogens with one attached hydrogen (secondary N) is 1. The lowest BCUT2D eigenvalue weighted by atomic mass is 9.84. The molecule has 1 atom stereocenters. The van der Waals surface area contributed by atoms with E-state index in [0.717, 1.165) is 5.56 Å². The lowest BCUT2D eigenvalue weighted by molar-refractivity contribution is 0.0919. The molecule has 2 nitrogen and oxygen atoms in total. The second-order valence-electron chi connectivity index (χ2n) is 5.49. The van der Waals surface area contributed by atoms with Gasteiger partial charge in [0.2, 0.25) is 0 Å². The molecule has 0 bridgehead atoms. The number of carbonyl (C=O) groups excluding carboxylic acids is 1. The van der Waals surface area contributed by atoms with Crippen molar-refractivity contribution in [2.24, 2.45) is 5.92 Å². The number of halogens is 1. The average Bonchev–Trinajstić information content (AvgIpc) is 2.48. The first-order chi connectivity index (χ1) is 9.20. The van der Waals surface area contributed by atoms with Gasteiger partial charge in [-0.3, -0.25) is 4.79 Å². The van der Waals surface area contributed by atoms with Crippen LogP contribution in [0.3, 0.4) is 0 Å². The molecule has 0 unspecified atom stereocenters. The first-order valence-corrected chi connectivity index (χ1v) is 7.70. The van der Waals surface area contributed by atoms with Gasteiger partial charge in [0.05, 0.1) is 0 Å². The number of benzene rings is 1. The highest BCUT2D eigenvalue weighted by Crippen LogP contribution is 2.26. The van der Waals surface area contributed by atoms with Crippen molar-refractivity contribution in [2.75, 3.05) is 0 Å². The van der Waals surface area contributed by atoms with Crippen molar-refractivity contribution in [3.8, 4) is 0 Å². The summed E-state index contributed by atoms with van der Waals surface area (Å²) >= 11 is 5.80. The summed E-state index contributed by atoms with van der Waals surface area (Å²) in [7, 11) is 0. The Labute approximate surface area is 120 Å². The van der Waals surface area contributed by atoms with Crippen molar-refractivity contribution in [3.05, 3.63) is 35.4 Å². The van der Waals surface area contributed by atoms with E-state index in [1.54, 1.807) is 0 Å². The largest absolute Gasteiger partial charge is 0.349 e. The second-order valence-corrected chi connectivity index (χ2v) is 5.76. The Morgan fingerprint density at radius 1 is 1.37 bits per heavy atom. The molecule has 1 fully saturated rings. The van der Waals surface area contributed by atoms with Gasteiger partial charge in [0, 0.05) is 17.5 Å². The Morgan fingerprint density at radius 3 is 2.79 bits per heavy atom. The summed E-state index contributed by atoms with van der Waals surface area (Å²) in [5.41, 5.74) is 1.69. The summed E-state index contributed by atoms with van der Waals surface area (Å²) in [6, 6.07) is 7.80. The van der Waals surface area contributed by atoms with E-state index in [9.17, 15) is 4.79 Å². The van der Waals surface area contributed by atoms with E-state index in [-0.39, 0.29) is 11.9 Å². The van der Waals surface area contributed by atoms with Crippen molar-refractivity contribution in [2.45, 2.75) is 50.9 Å². The highest BCUT2D eigenvalue weighted by molar-refractivity contribution is 6.17. The molecule has 0 radical (unpaired) electrons. The number of amides is 1. The van der Waals surface area contributed by atoms with Crippen molar-refractivity contribution in [3.63, 3.8) is 0 Å². The van der Waals surface area contributed by atoms with Gasteiger partial charge in [-0.25, -0.2) is 0 Å². The SMILES string of the molecule is C[C@H](NC(=O)c1cccc(CCl)c1)C1CCCCC1. The third kappa shape index (κ3) is 3.97. The molecule has 0 aromatic heterocycles. The van der Waals surface area contributed by atoms with Gasteiger partial charge >= 0.3 is 0 Å². The standard InChI is InChI=1S/C16H22ClNO/c1-12(14-7-3-2-4-8-14)18-16(19)15-9-5-6-13(10-15)11-17/h5-6,9-10,12,14H,2-4,7-8,11H2,1H3,(H,18,19)/t12-/m0/s1. The molecule has 1 amide bonds. The lowest BCUT2D eigenvalue weighted by Gasteiger charge is -2.28. The highest BCUT2D eigenvalue weighted by atomic mass is 35.5. The van der Waals surface area contributed by atoms with Gasteiger partial charge in [-0.15, -0.1) is 11.6 Å². The molecule has 2 rings (SSSR count). The number of hydrogen-bond donors (Lipinski definition) is 1. The predicted octanol–water partition coefficient (Wildman–Crippen LogP) is 4.12. The Morgan fingerprint density at radius 2 is 2.11 bits per heavy atom. The molecular weight excluding hydrogens is 258 g/mol. The predicted molar refractivity (Wildman–Crippen MR) is 79.5 cm³/mol. The third-order valence-corrected chi connectivity index (χ3v) is 4.37. The fourth-order valence-electron chi connectivity index (χ4n) is 2.84. The van der Waals surface area contributed by atoms with Gasteiger partial charge in [0.25, 0.3) is 5.91 Å². The summed E-state index contributed by atoms with van der Waals surface area (Å²) < 4.78 is 0. The van der Waals surface area contributed by atoms with Crippen molar-refractivity contribution < 1.29 is 4.79 Å². The maximum absolute atomic E-state index is 12.2. The molecule has 1 aliphatic rings. The Kier molecular flexibility index (Phi) is 5.26. The second kappa shape index (κ2) is 6.95. The minimum absolute atomic E-state index is 0.0186. The van der Waals surface area contributed by atoms with Crippen LogP contribution in [0.4, 0.5) is 0 Å². The van der Waals surface area contributed by atoms with Gasteiger partial charge in [-0.2, -0.15) is 0 Å². The molecule has 19 heavy (non-hydrogen) atoms. The van der Waals surface area contributed by atoms with Crippen LogP contribution in [0.5, 0.6) is 0 Å². The number of carbonyl (C=O) groups is 1. The van der Waals surface area contributed by atoms with Crippen molar-refractivity contribution >= 4 is 17.5 Å². The Hall–Kier alpha value is -1.02. The van der Waals surface area contributed by atoms with Crippen LogP contribution in [0.2, 0.25) is 0 Å². The van der Waals surface area contributed by atoms with E-state index < -0.39 is 0 Å². The highest BCUT2D eigenvalue weighted by Gasteiger charge is 2.21. The average molecular weight is 280 g/mol. The van der Waals surface area contributed by atoms with Gasteiger partial charge in [-0.05, 0) is 43.4 Å². The minimum Gasteiger partial charge on any atom is -0.349 e. The van der Waals surface area contributed by atoms with Crippen molar-refractivity contribution in [1.82, 2.24) is 5.32 Å². The molecular formula is C16H22ClNO. The quantitative estimate of drug-likeness (QED) is 0.825. The van der Waals surface area contributed by atoms with E-state index in [2.05, 4.69) is 12.2 Å². The molecule has 0 heterocycles. The Bertz CT molecular complexity index is 427. The van der Waals surface area contributed by atoms with Gasteiger partial charge in [0.15, 0.2) is 0 Å². The van der Waals surface area contributed by atoms with Crippen LogP contribution in [0.1, 0.15) is 54.9 Å². The summed E-state index contributed by atoms with van der Waals surface area (Å²) in [6.07, 6.45) is 6.42. The zero-order valence-corrected chi connectivity index (χ0v) is 12.2. The first-order valence-electron chi connectivity index (χ1n) is 7.16. The molecule has 3 heteroatoms. The van der Waals surface area contributed by atoms with Gasteiger partial charge in [0.1, 0.15) is 0 Å². The topological polar surface area (TPSA) is 29.1 Å². The van der Waals surface area contributed by atoms with Crippen molar-refractivity contribution in [1.29, 1.82) is 0 Å². The lowest BCUT2D eigenvalue weighted by Crippen LogP contribution is -2.38. The third-order valence-electron chi connectivity index (χ3n) is 4.06. The van der Waals surface area contributed by atoms with Crippen LogP contribution >= 0.6 is 11.6 Å². The summed E-state index contributed by atoms with van der Waals surface area (Å²) in [5, 5.41) is 3.14. The van der Waals surface area contributed by atoms with E-state index in [1.807, 2.05) is 24.3 Å². The Balaban J connectivity index is 1.95. The fraction of sp³-hybridized carbons (Fsp3) is 0.562. The summed E-state index contributed by atoms with van der Waals surface area (Å²) in [5.74, 6) is 1.10. The first kappa shape index (κ1) is 14.4. The summed E-state index contributed by atoms with van der Waals surface area (Å²) in [4.78, 5) is 12.2. The number of alkyl halides is 1. The number of rotatable bonds is 4. The van der Waals surface area contributed by atoms with Gasteiger partial charge in [-0.1, -0.05) is 31.4 Å². The smallest absolute Gasteiger partial charge is 0.251 e. The van der Waals surface area contributed by atoms with Gasteiger partial charge < -0.3 is 5.32 Å². The minimum atomic E-state index is 0.0186. The molecule has 0 saturated heterocycles. The zero-order valence-electron chi connectivity index (χ0n) is 11.5. The fourth-order valence-corrected chi connectivity index (χ4v) is 3.00. The van der Waals surface area contributed by atoms with Crippen LogP contribution < -0.4 is 5.32 Å². The molecule has 1 N–H and O–H groups in total. The monoisotopic (exact) mass is 279 g/mol. The molecule has 1 aromatic carbocycles. The van der Waals surface area contributed by atoms with E-state index in [1.165, 1.54) is 32.1 Å². The summed E-state index contributed by atoms with van der Waals surface area (Å²) in [6.45, 7) is 2.12. The van der Waals surface area contributed by atoms with Crippen LogP contribution in [-0.4, -0.2) is 11.9 Å². The molecule has 104 valence electrons. The number of hydrogen-bond acceptors (Lipinski definition) is 1. The molecule has 1 aromatic rings. The van der Waals surface area contributed by atoms with E-state index in [4.69, 9.17) is 11.6 Å². The molecule has 1 saturated carbocycles. The van der Waals surface area contributed by atoms with Crippen LogP contribution in [-0.2, 0) is 5.88 Å². The van der Waals surface area contributed by atoms with Crippen LogP contribution in [0, 0.1) is 5.92 Å².